The Kier molecular flexibility index (Phi) is 2.66. The molecule has 16 heavy (non-hydrogen) atoms. The molecule has 1 fully saturated rings. The van der Waals surface area contributed by atoms with Crippen LogP contribution in [0.1, 0.15) is 0 Å². The van der Waals surface area contributed by atoms with Gasteiger partial charge in [-0.1, -0.05) is 11.8 Å². The van der Waals surface area contributed by atoms with E-state index in [1.54, 1.807) is 19.0 Å². The van der Waals surface area contributed by atoms with E-state index in [0.29, 0.717) is 5.17 Å². The number of aliphatic imine (C=N–C) groups is 1. The van der Waals surface area contributed by atoms with Gasteiger partial charge in [0.25, 0.3) is 0 Å². The van der Waals surface area contributed by atoms with Gasteiger partial charge in [0.05, 0.1) is 5.75 Å². The number of aliphatic carboxylic acids is 1. The molecule has 0 unspecified atom stereocenters. The molecule has 0 aliphatic carbocycles. The van der Waals surface area contributed by atoms with Gasteiger partial charge in [0.2, 0.25) is 0 Å². The zero-order valence-corrected chi connectivity index (χ0v) is 9.69. The van der Waals surface area contributed by atoms with Gasteiger partial charge in [0.1, 0.15) is 6.17 Å². The lowest BCUT2D eigenvalue weighted by molar-refractivity contribution is -0.133. The Balaban J connectivity index is 2.03. The van der Waals surface area contributed by atoms with Crippen LogP contribution in [0.2, 0.25) is 0 Å². The fourth-order valence-corrected chi connectivity index (χ4v) is 2.36. The Morgan fingerprint density at radius 1 is 1.56 bits per heavy atom. The third kappa shape index (κ3) is 1.69. The molecular weight excluding hydrogens is 232 g/mol. The molecule has 2 N–H and O–H groups in total. The summed E-state index contributed by atoms with van der Waals surface area (Å²) in [6.07, 6.45) is -0.442. The second-order valence-corrected chi connectivity index (χ2v) is 4.59. The Morgan fingerprint density at radius 2 is 2.25 bits per heavy atom. The molecule has 0 aromatic rings. The number of hydrogen-bond donors (Lipinski definition) is 2. The number of amidine groups is 1. The number of thioether (sulfide) groups is 1. The number of carbonyl (C=O) groups excluding carboxylic acids is 1. The van der Waals surface area contributed by atoms with Crippen molar-refractivity contribution < 1.29 is 14.7 Å². The van der Waals surface area contributed by atoms with E-state index >= 15 is 0 Å². The summed E-state index contributed by atoms with van der Waals surface area (Å²) in [5.41, 5.74) is 0. The van der Waals surface area contributed by atoms with E-state index in [9.17, 15) is 9.59 Å². The summed E-state index contributed by atoms with van der Waals surface area (Å²) < 4.78 is 0. The third-order valence-corrected chi connectivity index (χ3v) is 3.44. The van der Waals surface area contributed by atoms with E-state index in [-0.39, 0.29) is 24.1 Å². The quantitative estimate of drug-likeness (QED) is 0.678. The Hall–Kier alpha value is -1.44. The predicted octanol–water partition coefficient (Wildman–Crippen LogP) is -0.587. The number of rotatable bonds is 2. The van der Waals surface area contributed by atoms with Gasteiger partial charge in [0, 0.05) is 14.1 Å². The Bertz CT molecular complexity index is 372. The minimum Gasteiger partial charge on any atom is -0.481 e. The molecule has 2 atom stereocenters. The number of hydrogen-bond acceptors (Lipinski definition) is 5. The predicted molar refractivity (Wildman–Crippen MR) is 59.2 cm³/mol. The third-order valence-electron chi connectivity index (χ3n) is 2.55. The molecule has 2 rings (SSSR count). The first-order valence-electron chi connectivity index (χ1n) is 4.69. The van der Waals surface area contributed by atoms with Crippen molar-refractivity contribution in [1.82, 2.24) is 15.1 Å². The second kappa shape index (κ2) is 3.85. The van der Waals surface area contributed by atoms with Crippen molar-refractivity contribution in [2.75, 3.05) is 19.8 Å². The van der Waals surface area contributed by atoms with E-state index in [1.807, 2.05) is 0 Å². The largest absolute Gasteiger partial charge is 0.481 e. The highest BCUT2D eigenvalue weighted by molar-refractivity contribution is 8.14. The van der Waals surface area contributed by atoms with Gasteiger partial charge < -0.3 is 20.2 Å². The number of carboxylic acid groups (broad SMARTS) is 1. The van der Waals surface area contributed by atoms with Crippen LogP contribution in [0, 0.1) is 0 Å². The first kappa shape index (κ1) is 11.1. The van der Waals surface area contributed by atoms with Gasteiger partial charge in [-0.3, -0.25) is 4.79 Å². The monoisotopic (exact) mass is 244 g/mol. The number of nitrogens with one attached hydrogen (secondary N) is 1. The van der Waals surface area contributed by atoms with E-state index in [4.69, 9.17) is 5.11 Å². The first-order chi connectivity index (χ1) is 7.50. The lowest BCUT2D eigenvalue weighted by atomic mass is 10.4. The van der Waals surface area contributed by atoms with E-state index < -0.39 is 5.97 Å². The van der Waals surface area contributed by atoms with Gasteiger partial charge in [-0.05, 0) is 0 Å². The summed E-state index contributed by atoms with van der Waals surface area (Å²) in [4.78, 5) is 29.3. The molecule has 0 radical (unpaired) electrons. The smallest absolute Gasteiger partial charge is 0.323 e. The van der Waals surface area contributed by atoms with Crippen LogP contribution in [0.25, 0.3) is 0 Å². The summed E-state index contributed by atoms with van der Waals surface area (Å²) >= 11 is 1.13. The molecule has 1 saturated heterocycles. The molecular formula is C8H12N4O3S. The van der Waals surface area contributed by atoms with Crippen molar-refractivity contribution in [1.29, 1.82) is 0 Å². The summed E-state index contributed by atoms with van der Waals surface area (Å²) in [5.74, 6) is -0.920. The highest BCUT2D eigenvalue weighted by Gasteiger charge is 2.45. The average Bonchev–Trinajstić information content (AvgIpc) is 2.73. The number of urea groups is 1. The number of fused-ring (bicyclic) bond motifs is 1. The second-order valence-electron chi connectivity index (χ2n) is 3.62. The summed E-state index contributed by atoms with van der Waals surface area (Å²) in [6.45, 7) is 0. The maximum Gasteiger partial charge on any atom is 0.323 e. The van der Waals surface area contributed by atoms with E-state index in [1.165, 1.54) is 4.90 Å². The molecule has 2 aliphatic heterocycles. The Morgan fingerprint density at radius 3 is 2.81 bits per heavy atom. The van der Waals surface area contributed by atoms with Crippen molar-refractivity contribution in [2.45, 2.75) is 12.3 Å². The summed E-state index contributed by atoms with van der Waals surface area (Å²) in [7, 11) is 3.37. The van der Waals surface area contributed by atoms with Crippen LogP contribution in [-0.4, -0.2) is 64.3 Å². The van der Waals surface area contributed by atoms with Crippen molar-refractivity contribution in [3.05, 3.63) is 0 Å². The normalized spacial score (nSPS) is 27.9. The fourth-order valence-electron chi connectivity index (χ4n) is 1.71. The molecule has 2 amide bonds. The van der Waals surface area contributed by atoms with Crippen LogP contribution in [0.3, 0.4) is 0 Å². The zero-order valence-electron chi connectivity index (χ0n) is 8.88. The molecule has 88 valence electrons. The number of carboxylic acids is 1. The van der Waals surface area contributed by atoms with Crippen LogP contribution in [0.5, 0.6) is 0 Å². The number of carbonyl (C=O) groups is 2. The summed E-state index contributed by atoms with van der Waals surface area (Å²) in [6, 6.07) is -0.0893. The molecule has 0 aromatic carbocycles. The van der Waals surface area contributed by atoms with Crippen molar-refractivity contribution in [2.24, 2.45) is 4.99 Å². The molecule has 8 heteroatoms. The van der Waals surface area contributed by atoms with Crippen LogP contribution < -0.4 is 5.32 Å². The van der Waals surface area contributed by atoms with Gasteiger partial charge in [-0.25, -0.2) is 9.79 Å². The minimum atomic E-state index is -0.885. The molecule has 0 aromatic heterocycles. The van der Waals surface area contributed by atoms with E-state index in [2.05, 4.69) is 10.3 Å². The van der Waals surface area contributed by atoms with Crippen LogP contribution in [0.4, 0.5) is 4.79 Å². The van der Waals surface area contributed by atoms with Crippen molar-refractivity contribution >= 4 is 28.9 Å². The fraction of sp³-hybridized carbons (Fsp3) is 0.625. The van der Waals surface area contributed by atoms with E-state index in [0.717, 1.165) is 11.8 Å². The van der Waals surface area contributed by atoms with Gasteiger partial charge in [0.15, 0.2) is 11.3 Å². The van der Waals surface area contributed by atoms with Gasteiger partial charge in [-0.15, -0.1) is 0 Å². The first-order valence-corrected chi connectivity index (χ1v) is 5.68. The zero-order chi connectivity index (χ0) is 11.9. The maximum atomic E-state index is 11.5. The van der Waals surface area contributed by atoms with Crippen LogP contribution >= 0.6 is 11.8 Å². The Labute approximate surface area is 96.5 Å². The summed E-state index contributed by atoms with van der Waals surface area (Å²) in [5, 5.41) is 12.1. The molecule has 0 bridgehead atoms. The average molecular weight is 244 g/mol. The van der Waals surface area contributed by atoms with Crippen molar-refractivity contribution in [3.63, 3.8) is 0 Å². The molecule has 0 saturated carbocycles. The minimum absolute atomic E-state index is 0.0351. The van der Waals surface area contributed by atoms with Gasteiger partial charge >= 0.3 is 12.0 Å². The lowest BCUT2D eigenvalue weighted by Gasteiger charge is -2.16. The number of amides is 2. The lowest BCUT2D eigenvalue weighted by Crippen LogP contribution is -2.42. The van der Waals surface area contributed by atoms with Crippen LogP contribution in [0.15, 0.2) is 4.99 Å². The number of nitrogens with zero attached hydrogens (tertiary/aromatic N) is 3. The maximum absolute atomic E-state index is 11.5. The van der Waals surface area contributed by atoms with Gasteiger partial charge in [-0.2, -0.15) is 0 Å². The standard InChI is InChI=1S/C8H12N4O3S/c1-11-5-6(12(2)8(11)15)10-7(9-5)16-3-4(13)14/h5-6H,3H2,1-2H3,(H,9,10)(H,13,14)/t5-,6-/m1/s1. The highest BCUT2D eigenvalue weighted by Crippen LogP contribution is 2.25. The number of likely N-dealkylation sites (N-methyl/N-ethyl adjacent to an activating group) is 2. The topological polar surface area (TPSA) is 85.2 Å². The SMILES string of the molecule is CN1C(=O)N(C)[C@H]2NC(SCC(=O)O)=N[C@@H]21. The van der Waals surface area contributed by atoms with Crippen LogP contribution in [-0.2, 0) is 4.79 Å². The molecule has 0 spiro atoms. The highest BCUT2D eigenvalue weighted by atomic mass is 32.2. The molecule has 7 nitrogen and oxygen atoms in total. The van der Waals surface area contributed by atoms with Crippen molar-refractivity contribution in [3.8, 4) is 0 Å². The molecule has 2 aliphatic rings. The molecule has 2 heterocycles.